The summed E-state index contributed by atoms with van der Waals surface area (Å²) in [6, 6.07) is 5.38. The van der Waals surface area contributed by atoms with E-state index in [4.69, 9.17) is 5.26 Å². The van der Waals surface area contributed by atoms with Gasteiger partial charge in [0.05, 0.1) is 29.1 Å². The average Bonchev–Trinajstić information content (AvgIpc) is 3.16. The smallest absolute Gasteiger partial charge is 0.396 e. The predicted molar refractivity (Wildman–Crippen MR) is 113 cm³/mol. The number of rotatable bonds is 3. The molecule has 10 heteroatoms. The van der Waals surface area contributed by atoms with Gasteiger partial charge in [0.15, 0.2) is 0 Å². The highest BCUT2D eigenvalue weighted by Gasteiger charge is 2.49. The van der Waals surface area contributed by atoms with Gasteiger partial charge in [-0.1, -0.05) is 0 Å². The van der Waals surface area contributed by atoms with Crippen LogP contribution in [0.25, 0.3) is 0 Å². The predicted octanol–water partition coefficient (Wildman–Crippen LogP) is 3.03. The molecule has 3 heterocycles. The number of aliphatic hydroxyl groups excluding tert-OH is 1. The average molecular weight is 459 g/mol. The Morgan fingerprint density at radius 2 is 2.00 bits per heavy atom. The van der Waals surface area contributed by atoms with Crippen molar-refractivity contribution in [3.05, 3.63) is 53.1 Å². The second-order valence-corrected chi connectivity index (χ2v) is 8.80. The minimum atomic E-state index is -4.61. The highest BCUT2D eigenvalue weighted by Crippen LogP contribution is 2.46. The van der Waals surface area contributed by atoms with Gasteiger partial charge in [-0.2, -0.15) is 18.4 Å². The van der Waals surface area contributed by atoms with E-state index >= 15 is 0 Å². The van der Waals surface area contributed by atoms with Gasteiger partial charge >= 0.3 is 6.18 Å². The molecule has 2 aliphatic heterocycles. The number of aromatic nitrogens is 2. The second kappa shape index (κ2) is 8.63. The molecular weight excluding hydrogens is 435 g/mol. The van der Waals surface area contributed by atoms with Crippen molar-refractivity contribution in [1.82, 2.24) is 14.9 Å². The van der Waals surface area contributed by atoms with E-state index in [9.17, 15) is 23.1 Å². The first-order chi connectivity index (χ1) is 15.7. The molecule has 1 aromatic heterocycles. The van der Waals surface area contributed by atoms with Gasteiger partial charge in [-0.25, -0.2) is 4.98 Å². The molecule has 7 nitrogen and oxygen atoms in total. The lowest BCUT2D eigenvalue weighted by Gasteiger charge is -2.43. The van der Waals surface area contributed by atoms with E-state index in [1.165, 1.54) is 24.5 Å². The summed E-state index contributed by atoms with van der Waals surface area (Å²) in [5.41, 5.74) is -0.265. The van der Waals surface area contributed by atoms with Crippen LogP contribution in [0, 0.1) is 29.6 Å². The molecule has 1 atom stereocenters. The fourth-order valence-corrected chi connectivity index (χ4v) is 4.94. The Labute approximate surface area is 189 Å². The summed E-state index contributed by atoms with van der Waals surface area (Å²) in [5, 5.41) is 19.0. The van der Waals surface area contributed by atoms with E-state index in [1.807, 2.05) is 4.90 Å². The molecule has 0 bridgehead atoms. The van der Waals surface area contributed by atoms with Crippen LogP contribution in [-0.2, 0) is 6.18 Å². The Morgan fingerprint density at radius 3 is 2.58 bits per heavy atom. The van der Waals surface area contributed by atoms with Gasteiger partial charge in [-0.15, -0.1) is 0 Å². The first-order valence-electron chi connectivity index (χ1n) is 10.7. The number of anilines is 1. The number of aliphatic hydroxyl groups is 1. The third kappa shape index (κ3) is 4.37. The van der Waals surface area contributed by atoms with Crippen LogP contribution in [-0.4, -0.2) is 58.7 Å². The molecule has 1 spiro atoms. The van der Waals surface area contributed by atoms with Crippen LogP contribution in [0.5, 0.6) is 0 Å². The molecule has 1 amide bonds. The molecule has 1 unspecified atom stereocenters. The van der Waals surface area contributed by atoms with Crippen molar-refractivity contribution < 1.29 is 23.1 Å². The van der Waals surface area contributed by atoms with E-state index in [1.54, 1.807) is 17.9 Å². The number of nitrogens with zero attached hydrogens (tertiary/aromatic N) is 5. The minimum absolute atomic E-state index is 0.0710. The summed E-state index contributed by atoms with van der Waals surface area (Å²) in [6.45, 7) is 3.56. The van der Waals surface area contributed by atoms with Gasteiger partial charge in [0.1, 0.15) is 5.69 Å². The number of piperidine rings is 1. The molecule has 2 fully saturated rings. The molecule has 174 valence electrons. The van der Waals surface area contributed by atoms with E-state index < -0.39 is 17.3 Å². The van der Waals surface area contributed by atoms with Crippen LogP contribution >= 0.6 is 0 Å². The highest BCUT2D eigenvalue weighted by molar-refractivity contribution is 5.92. The van der Waals surface area contributed by atoms with Crippen LogP contribution in [0.3, 0.4) is 0 Å². The van der Waals surface area contributed by atoms with Crippen molar-refractivity contribution in [3.8, 4) is 6.07 Å². The Balaban J connectivity index is 1.49. The molecular formula is C23H24F3N5O2. The van der Waals surface area contributed by atoms with E-state index in [-0.39, 0.29) is 29.5 Å². The van der Waals surface area contributed by atoms with Crippen molar-refractivity contribution >= 4 is 11.6 Å². The molecule has 2 saturated heterocycles. The first kappa shape index (κ1) is 23.0. The zero-order chi connectivity index (χ0) is 23.8. The lowest BCUT2D eigenvalue weighted by Crippen LogP contribution is -2.45. The lowest BCUT2D eigenvalue weighted by molar-refractivity contribution is -0.137. The van der Waals surface area contributed by atoms with Crippen LogP contribution in [0.2, 0.25) is 0 Å². The number of halogens is 3. The van der Waals surface area contributed by atoms with E-state index in [0.29, 0.717) is 50.4 Å². The second-order valence-electron chi connectivity index (χ2n) is 8.80. The van der Waals surface area contributed by atoms with E-state index in [0.717, 1.165) is 6.07 Å². The number of aryl methyl sites for hydroxylation is 1. The monoisotopic (exact) mass is 459 g/mol. The number of nitriles is 1. The molecule has 33 heavy (non-hydrogen) atoms. The summed E-state index contributed by atoms with van der Waals surface area (Å²) in [6.07, 6.45) is -0.368. The van der Waals surface area contributed by atoms with Crippen LogP contribution in [0.1, 0.15) is 40.2 Å². The number of amides is 1. The number of alkyl halides is 3. The summed E-state index contributed by atoms with van der Waals surface area (Å²) >= 11 is 0. The number of carbonyl (C=O) groups excluding carboxylic acids is 1. The zero-order valence-electron chi connectivity index (χ0n) is 18.1. The standard InChI is InChI=1S/C23H24F3N5O2/c1-15-10-29-20(11-28-15)21(33)31-12-17(13-32)22(14-31)4-6-30(7-5-22)18-3-2-16(9-27)19(8-18)23(24,25)26/h2-3,8,10-11,17,32H,4-7,12-14H2,1H3. The molecule has 1 N–H and O–H groups in total. The van der Waals surface area contributed by atoms with Gasteiger partial charge in [-0.3, -0.25) is 9.78 Å². The van der Waals surface area contributed by atoms with Crippen molar-refractivity contribution in [2.75, 3.05) is 37.7 Å². The first-order valence-corrected chi connectivity index (χ1v) is 10.7. The molecule has 2 aliphatic rings. The van der Waals surface area contributed by atoms with Crippen LogP contribution in [0.4, 0.5) is 18.9 Å². The largest absolute Gasteiger partial charge is 0.417 e. The molecule has 1 aromatic carbocycles. The third-order valence-electron chi connectivity index (χ3n) is 6.87. The van der Waals surface area contributed by atoms with Crippen molar-refractivity contribution in [3.63, 3.8) is 0 Å². The molecule has 0 aliphatic carbocycles. The fourth-order valence-electron chi connectivity index (χ4n) is 4.94. The van der Waals surface area contributed by atoms with Crippen LogP contribution in [0.15, 0.2) is 30.6 Å². The number of carbonyl (C=O) groups is 1. The van der Waals surface area contributed by atoms with Gasteiger partial charge in [-0.05, 0) is 43.4 Å². The van der Waals surface area contributed by atoms with Crippen molar-refractivity contribution in [2.24, 2.45) is 11.3 Å². The summed E-state index contributed by atoms with van der Waals surface area (Å²) < 4.78 is 40.1. The zero-order valence-corrected chi connectivity index (χ0v) is 18.1. The molecule has 0 saturated carbocycles. The van der Waals surface area contributed by atoms with Crippen LogP contribution < -0.4 is 4.90 Å². The Hall–Kier alpha value is -3.19. The number of hydrogen-bond acceptors (Lipinski definition) is 6. The van der Waals surface area contributed by atoms with Gasteiger partial charge in [0.2, 0.25) is 0 Å². The molecule has 4 rings (SSSR count). The number of likely N-dealkylation sites (tertiary alicyclic amines) is 1. The SMILES string of the molecule is Cc1cnc(C(=O)N2CC(CO)C3(CCN(c4ccc(C#N)c(C(F)(F)F)c4)CC3)C2)cn1. The molecule has 2 aromatic rings. The molecule has 0 radical (unpaired) electrons. The quantitative estimate of drug-likeness (QED) is 0.759. The highest BCUT2D eigenvalue weighted by atomic mass is 19.4. The summed E-state index contributed by atoms with van der Waals surface area (Å²) in [5.74, 6) is -0.351. The fraction of sp³-hybridized carbons (Fsp3) is 0.478. The minimum Gasteiger partial charge on any atom is -0.396 e. The summed E-state index contributed by atoms with van der Waals surface area (Å²) in [7, 11) is 0. The maximum absolute atomic E-state index is 13.4. The van der Waals surface area contributed by atoms with E-state index in [2.05, 4.69) is 9.97 Å². The normalized spacial score (nSPS) is 20.2. The maximum Gasteiger partial charge on any atom is 0.417 e. The van der Waals surface area contributed by atoms with Gasteiger partial charge < -0.3 is 14.9 Å². The van der Waals surface area contributed by atoms with Gasteiger partial charge in [0, 0.05) is 50.6 Å². The number of hydrogen-bond donors (Lipinski definition) is 1. The van der Waals surface area contributed by atoms with Gasteiger partial charge in [0.25, 0.3) is 5.91 Å². The van der Waals surface area contributed by atoms with Crippen molar-refractivity contribution in [2.45, 2.75) is 25.9 Å². The Morgan fingerprint density at radius 1 is 1.27 bits per heavy atom. The van der Waals surface area contributed by atoms with Crippen molar-refractivity contribution in [1.29, 1.82) is 5.26 Å². The third-order valence-corrected chi connectivity index (χ3v) is 6.87. The number of benzene rings is 1. The lowest BCUT2D eigenvalue weighted by atomic mass is 9.71. The topological polar surface area (TPSA) is 93.4 Å². The summed E-state index contributed by atoms with van der Waals surface area (Å²) in [4.78, 5) is 24.8. The Kier molecular flexibility index (Phi) is 6.01. The Bertz CT molecular complexity index is 1070. The maximum atomic E-state index is 13.4.